The predicted molar refractivity (Wildman–Crippen MR) is 86.2 cm³/mol. The number of hydrogen-bond acceptors (Lipinski definition) is 4. The van der Waals surface area contributed by atoms with Gasteiger partial charge in [0, 0.05) is 19.1 Å². The lowest BCUT2D eigenvalue weighted by Crippen LogP contribution is -2.42. The summed E-state index contributed by atoms with van der Waals surface area (Å²) in [7, 11) is 1.59. The minimum Gasteiger partial charge on any atom is -0.493 e. The topological polar surface area (TPSA) is 64.8 Å². The van der Waals surface area contributed by atoms with Crippen molar-refractivity contribution in [1.82, 2.24) is 4.90 Å². The van der Waals surface area contributed by atoms with Crippen LogP contribution in [0.2, 0.25) is 0 Å². The fourth-order valence-corrected chi connectivity index (χ4v) is 2.76. The van der Waals surface area contributed by atoms with Gasteiger partial charge in [0.05, 0.1) is 7.11 Å². The summed E-state index contributed by atoms with van der Waals surface area (Å²) in [5, 5.41) is 0. The van der Waals surface area contributed by atoms with Gasteiger partial charge in [-0.05, 0) is 37.0 Å². The SMILES string of the molecule is C=CCc1ccc(OCC(=O)N2CCCC2CN)c(OC)c1. The molecule has 0 saturated carbocycles. The number of allylic oxidation sites excluding steroid dienone is 1. The average Bonchev–Trinajstić information content (AvgIpc) is 3.02. The number of carbonyl (C=O) groups is 1. The third-order valence-corrected chi connectivity index (χ3v) is 3.93. The van der Waals surface area contributed by atoms with E-state index in [2.05, 4.69) is 6.58 Å². The molecule has 5 heteroatoms. The lowest BCUT2D eigenvalue weighted by Gasteiger charge is -2.23. The van der Waals surface area contributed by atoms with Gasteiger partial charge in [0.1, 0.15) is 0 Å². The second-order valence-corrected chi connectivity index (χ2v) is 5.39. The zero-order chi connectivity index (χ0) is 15.9. The Hall–Kier alpha value is -2.01. The molecule has 120 valence electrons. The van der Waals surface area contributed by atoms with E-state index in [1.165, 1.54) is 0 Å². The van der Waals surface area contributed by atoms with Crippen molar-refractivity contribution in [2.45, 2.75) is 25.3 Å². The lowest BCUT2D eigenvalue weighted by molar-refractivity contribution is -0.134. The number of likely N-dealkylation sites (tertiary alicyclic amines) is 1. The van der Waals surface area contributed by atoms with Gasteiger partial charge in [0.2, 0.25) is 0 Å². The summed E-state index contributed by atoms with van der Waals surface area (Å²) in [6.45, 7) is 5.00. The van der Waals surface area contributed by atoms with Gasteiger partial charge in [-0.1, -0.05) is 12.1 Å². The van der Waals surface area contributed by atoms with Gasteiger partial charge in [0.25, 0.3) is 5.91 Å². The van der Waals surface area contributed by atoms with Crippen molar-refractivity contribution in [2.24, 2.45) is 5.73 Å². The molecule has 1 aromatic rings. The molecule has 1 aromatic carbocycles. The Morgan fingerprint density at radius 1 is 1.50 bits per heavy atom. The summed E-state index contributed by atoms with van der Waals surface area (Å²) >= 11 is 0. The van der Waals surface area contributed by atoms with E-state index in [-0.39, 0.29) is 18.6 Å². The van der Waals surface area contributed by atoms with E-state index in [1.54, 1.807) is 7.11 Å². The van der Waals surface area contributed by atoms with Crippen molar-refractivity contribution in [3.63, 3.8) is 0 Å². The van der Waals surface area contributed by atoms with E-state index < -0.39 is 0 Å². The molecule has 0 spiro atoms. The summed E-state index contributed by atoms with van der Waals surface area (Å²) in [5.41, 5.74) is 6.79. The molecule has 1 amide bonds. The number of ether oxygens (including phenoxy) is 2. The van der Waals surface area contributed by atoms with Gasteiger partial charge < -0.3 is 20.1 Å². The van der Waals surface area contributed by atoms with Crippen LogP contribution < -0.4 is 15.2 Å². The van der Waals surface area contributed by atoms with Crippen LogP contribution in [-0.2, 0) is 11.2 Å². The number of hydrogen-bond donors (Lipinski definition) is 1. The van der Waals surface area contributed by atoms with Crippen LogP contribution >= 0.6 is 0 Å². The minimum atomic E-state index is -0.0230. The van der Waals surface area contributed by atoms with Gasteiger partial charge in [-0.25, -0.2) is 0 Å². The zero-order valence-corrected chi connectivity index (χ0v) is 13.1. The van der Waals surface area contributed by atoms with Crippen molar-refractivity contribution < 1.29 is 14.3 Å². The van der Waals surface area contributed by atoms with E-state index in [4.69, 9.17) is 15.2 Å². The van der Waals surface area contributed by atoms with Crippen LogP contribution in [0, 0.1) is 0 Å². The average molecular weight is 304 g/mol. The Morgan fingerprint density at radius 2 is 2.32 bits per heavy atom. The maximum absolute atomic E-state index is 12.2. The first-order chi connectivity index (χ1) is 10.7. The summed E-state index contributed by atoms with van der Waals surface area (Å²) < 4.78 is 11.0. The lowest BCUT2D eigenvalue weighted by atomic mass is 10.1. The molecule has 0 aliphatic carbocycles. The maximum atomic E-state index is 12.2. The highest BCUT2D eigenvalue weighted by molar-refractivity contribution is 5.78. The number of nitrogens with two attached hydrogens (primary N) is 1. The first kappa shape index (κ1) is 16.4. The van der Waals surface area contributed by atoms with Crippen molar-refractivity contribution in [2.75, 3.05) is 26.8 Å². The Morgan fingerprint density at radius 3 is 3.00 bits per heavy atom. The number of nitrogens with zero attached hydrogens (tertiary/aromatic N) is 1. The second kappa shape index (κ2) is 7.84. The molecule has 1 heterocycles. The molecule has 0 aromatic heterocycles. The zero-order valence-electron chi connectivity index (χ0n) is 13.1. The van der Waals surface area contributed by atoms with Crippen LogP contribution in [0.5, 0.6) is 11.5 Å². The van der Waals surface area contributed by atoms with Gasteiger partial charge in [0.15, 0.2) is 18.1 Å². The molecule has 1 unspecified atom stereocenters. The number of carbonyl (C=O) groups excluding carboxylic acids is 1. The van der Waals surface area contributed by atoms with E-state index in [9.17, 15) is 4.79 Å². The molecule has 1 aliphatic rings. The van der Waals surface area contributed by atoms with Gasteiger partial charge >= 0.3 is 0 Å². The van der Waals surface area contributed by atoms with Crippen molar-refractivity contribution >= 4 is 5.91 Å². The number of methoxy groups -OCH3 is 1. The molecule has 1 saturated heterocycles. The molecule has 2 rings (SSSR count). The molecule has 1 fully saturated rings. The van der Waals surface area contributed by atoms with Crippen molar-refractivity contribution in [3.8, 4) is 11.5 Å². The Bertz CT molecular complexity index is 531. The Balaban J connectivity index is 1.98. The number of rotatable bonds is 7. The molecule has 1 aliphatic heterocycles. The maximum Gasteiger partial charge on any atom is 0.260 e. The summed E-state index contributed by atoms with van der Waals surface area (Å²) in [5.74, 6) is 1.18. The third-order valence-electron chi connectivity index (χ3n) is 3.93. The normalized spacial score (nSPS) is 17.4. The van der Waals surface area contributed by atoms with Crippen LogP contribution in [-0.4, -0.2) is 43.7 Å². The largest absolute Gasteiger partial charge is 0.493 e. The van der Waals surface area contributed by atoms with Crippen LogP contribution in [0.1, 0.15) is 18.4 Å². The number of benzene rings is 1. The van der Waals surface area contributed by atoms with Gasteiger partial charge in [-0.3, -0.25) is 4.79 Å². The molecule has 0 bridgehead atoms. The first-order valence-corrected chi connectivity index (χ1v) is 7.59. The van der Waals surface area contributed by atoms with Crippen LogP contribution in [0.4, 0.5) is 0 Å². The van der Waals surface area contributed by atoms with E-state index in [1.807, 2.05) is 29.2 Å². The van der Waals surface area contributed by atoms with E-state index >= 15 is 0 Å². The van der Waals surface area contributed by atoms with Crippen LogP contribution in [0.3, 0.4) is 0 Å². The second-order valence-electron chi connectivity index (χ2n) is 5.39. The molecular weight excluding hydrogens is 280 g/mol. The molecule has 5 nitrogen and oxygen atoms in total. The molecule has 1 atom stereocenters. The highest BCUT2D eigenvalue weighted by atomic mass is 16.5. The first-order valence-electron chi connectivity index (χ1n) is 7.59. The summed E-state index contributed by atoms with van der Waals surface area (Å²) in [6, 6.07) is 5.82. The molecule has 2 N–H and O–H groups in total. The summed E-state index contributed by atoms with van der Waals surface area (Å²) in [6.07, 6.45) is 4.58. The highest BCUT2D eigenvalue weighted by Crippen LogP contribution is 2.28. The number of amides is 1. The van der Waals surface area contributed by atoms with E-state index in [0.717, 1.165) is 31.4 Å². The van der Waals surface area contributed by atoms with Gasteiger partial charge in [-0.15, -0.1) is 6.58 Å². The highest BCUT2D eigenvalue weighted by Gasteiger charge is 2.27. The van der Waals surface area contributed by atoms with Crippen molar-refractivity contribution in [1.29, 1.82) is 0 Å². The molecule has 22 heavy (non-hydrogen) atoms. The molecule has 0 radical (unpaired) electrons. The van der Waals surface area contributed by atoms with Crippen LogP contribution in [0.25, 0.3) is 0 Å². The quantitative estimate of drug-likeness (QED) is 0.780. The van der Waals surface area contributed by atoms with Crippen molar-refractivity contribution in [3.05, 3.63) is 36.4 Å². The summed E-state index contributed by atoms with van der Waals surface area (Å²) in [4.78, 5) is 14.1. The predicted octanol–water partition coefficient (Wildman–Crippen LogP) is 1.75. The van der Waals surface area contributed by atoms with Crippen LogP contribution in [0.15, 0.2) is 30.9 Å². The molecular formula is C17H24N2O3. The Kier molecular flexibility index (Phi) is 5.83. The van der Waals surface area contributed by atoms with E-state index in [0.29, 0.717) is 18.0 Å². The smallest absolute Gasteiger partial charge is 0.260 e. The standard InChI is InChI=1S/C17H24N2O3/c1-3-5-13-7-8-15(16(10-13)21-2)22-12-17(20)19-9-4-6-14(19)11-18/h3,7-8,10,14H,1,4-6,9,11-12,18H2,2H3. The third kappa shape index (κ3) is 3.80. The van der Waals surface area contributed by atoms with Gasteiger partial charge in [-0.2, -0.15) is 0 Å². The fraction of sp³-hybridized carbons (Fsp3) is 0.471. The minimum absolute atomic E-state index is 0.00760. The Labute approximate surface area is 131 Å². The fourth-order valence-electron chi connectivity index (χ4n) is 2.76. The monoisotopic (exact) mass is 304 g/mol.